The van der Waals surface area contributed by atoms with Crippen molar-refractivity contribution >= 4 is 6.29 Å². The molecule has 2 saturated heterocycles. The van der Waals surface area contributed by atoms with Crippen molar-refractivity contribution in [1.29, 1.82) is 0 Å². The van der Waals surface area contributed by atoms with Gasteiger partial charge in [0, 0.05) is 0 Å². The molecule has 0 bridgehead atoms. The van der Waals surface area contributed by atoms with Gasteiger partial charge >= 0.3 is 0 Å². The van der Waals surface area contributed by atoms with E-state index < -0.39 is 99.0 Å². The Morgan fingerprint density at radius 2 is 1.18 bits per heavy atom. The Balaban J connectivity index is 2.25. The maximum Gasteiger partial charge on any atom is 0.187 e. The molecule has 0 aliphatic carbocycles. The molecule has 194 valence electrons. The fourth-order valence-electron chi connectivity index (χ4n) is 3.48. The molecule has 0 spiro atoms. The van der Waals surface area contributed by atoms with Gasteiger partial charge in [-0.25, -0.2) is 0 Å². The topological polar surface area (TPSA) is 256 Å². The summed E-state index contributed by atoms with van der Waals surface area (Å²) in [5.74, 6) is 0. The van der Waals surface area contributed by atoms with Gasteiger partial charge in [0.1, 0.15) is 67.1 Å². The minimum Gasteiger partial charge on any atom is -0.394 e. The quantitative estimate of drug-likeness (QED) is 0.128. The van der Waals surface area contributed by atoms with Crippen molar-refractivity contribution in [2.45, 2.75) is 92.8 Å². The maximum absolute atomic E-state index is 11.8. The molecule has 15 nitrogen and oxygen atoms in total. The Labute approximate surface area is 187 Å². The standard InChI is InChI=1S/C18H32O15/c1-5(22)9(23)16(33-18-15(29)13(27)11(25)7(3-20)31-18)8(4-21)32-17-14(28)12(26)10(24)6(2-19)30-17/h4-20,22-29H,2-3H2,1H3/t5-,6+,7+,8-,9-,10+,11+,12-,13-,14+,15+,16-,17+,18-/m0/s1. The number of carbonyl (C=O) groups is 1. The number of carbonyl (C=O) groups excluding carboxylic acids is 1. The molecule has 10 N–H and O–H groups in total. The number of hydrogen-bond acceptors (Lipinski definition) is 15. The predicted molar refractivity (Wildman–Crippen MR) is 101 cm³/mol. The molecule has 2 aliphatic heterocycles. The molecule has 14 atom stereocenters. The second-order valence-electron chi connectivity index (χ2n) is 7.96. The molecule has 2 aliphatic rings. The largest absolute Gasteiger partial charge is 0.394 e. The Morgan fingerprint density at radius 3 is 1.55 bits per heavy atom. The van der Waals surface area contributed by atoms with Crippen molar-refractivity contribution in [3.05, 3.63) is 0 Å². The van der Waals surface area contributed by atoms with E-state index in [0.717, 1.165) is 6.92 Å². The van der Waals surface area contributed by atoms with Crippen LogP contribution in [0.1, 0.15) is 6.92 Å². The average molecular weight is 488 g/mol. The molecule has 33 heavy (non-hydrogen) atoms. The lowest BCUT2D eigenvalue weighted by Crippen LogP contribution is -2.63. The van der Waals surface area contributed by atoms with Gasteiger partial charge in [0.05, 0.1) is 19.3 Å². The lowest BCUT2D eigenvalue weighted by Gasteiger charge is -2.44. The first-order valence-electron chi connectivity index (χ1n) is 10.2. The van der Waals surface area contributed by atoms with Crippen LogP contribution in [-0.4, -0.2) is 156 Å². The molecular formula is C18H32O15. The second-order valence-corrected chi connectivity index (χ2v) is 7.96. The van der Waals surface area contributed by atoms with Crippen molar-refractivity contribution in [2.24, 2.45) is 0 Å². The Bertz CT molecular complexity index is 603. The van der Waals surface area contributed by atoms with Crippen molar-refractivity contribution < 1.29 is 74.8 Å². The van der Waals surface area contributed by atoms with E-state index in [1.54, 1.807) is 0 Å². The van der Waals surface area contributed by atoms with Crippen molar-refractivity contribution in [1.82, 2.24) is 0 Å². The van der Waals surface area contributed by atoms with Crippen LogP contribution in [0.15, 0.2) is 0 Å². The van der Waals surface area contributed by atoms with Crippen LogP contribution in [0.4, 0.5) is 0 Å². The predicted octanol–water partition coefficient (Wildman–Crippen LogP) is -6.70. The summed E-state index contributed by atoms with van der Waals surface area (Å²) in [6.45, 7) is -0.436. The van der Waals surface area contributed by atoms with Crippen LogP contribution in [-0.2, 0) is 23.7 Å². The summed E-state index contributed by atoms with van der Waals surface area (Å²) in [5.41, 5.74) is 0. The first-order chi connectivity index (χ1) is 15.5. The zero-order chi connectivity index (χ0) is 25.0. The third-order valence-corrected chi connectivity index (χ3v) is 5.57. The molecule has 0 aromatic heterocycles. The van der Waals surface area contributed by atoms with Crippen LogP contribution in [0.5, 0.6) is 0 Å². The third-order valence-electron chi connectivity index (χ3n) is 5.57. The van der Waals surface area contributed by atoms with Crippen molar-refractivity contribution in [3.8, 4) is 0 Å². The number of hydrogen-bond donors (Lipinski definition) is 10. The smallest absolute Gasteiger partial charge is 0.187 e. The highest BCUT2D eigenvalue weighted by molar-refractivity contribution is 5.57. The van der Waals surface area contributed by atoms with Crippen LogP contribution in [0.2, 0.25) is 0 Å². The normalized spacial score (nSPS) is 43.5. The minimum atomic E-state index is -1.91. The monoisotopic (exact) mass is 488 g/mol. The Morgan fingerprint density at radius 1 is 0.758 bits per heavy atom. The molecule has 0 radical (unpaired) electrons. The molecule has 2 fully saturated rings. The van der Waals surface area contributed by atoms with Gasteiger partial charge in [-0.3, -0.25) is 0 Å². The van der Waals surface area contributed by atoms with Gasteiger partial charge in [-0.05, 0) is 6.92 Å². The SMILES string of the molecule is C[C@H](O)[C@H](O)[C@@H](O[C@@H]1O[C@H](CO)[C@@H](O)[C@H](O)[C@H]1O)[C@H](C=O)O[C@H]1O[C@H](CO)[C@@H](O)[C@H](O)[C@H]1O. The zero-order valence-electron chi connectivity index (χ0n) is 17.6. The molecule has 0 saturated carbocycles. The summed E-state index contributed by atoms with van der Waals surface area (Å²) >= 11 is 0. The summed E-state index contributed by atoms with van der Waals surface area (Å²) < 4.78 is 21.0. The van der Waals surface area contributed by atoms with Gasteiger partial charge in [0.25, 0.3) is 0 Å². The summed E-state index contributed by atoms with van der Waals surface area (Å²) in [7, 11) is 0. The second kappa shape index (κ2) is 12.2. The first-order valence-corrected chi connectivity index (χ1v) is 10.2. The number of ether oxygens (including phenoxy) is 4. The number of aliphatic hydroxyl groups excluding tert-OH is 10. The van der Waals surface area contributed by atoms with E-state index in [4.69, 9.17) is 18.9 Å². The molecule has 15 heteroatoms. The van der Waals surface area contributed by atoms with Crippen LogP contribution >= 0.6 is 0 Å². The van der Waals surface area contributed by atoms with E-state index in [1.807, 2.05) is 0 Å². The van der Waals surface area contributed by atoms with Gasteiger partial charge < -0.3 is 74.8 Å². The van der Waals surface area contributed by atoms with E-state index in [9.17, 15) is 55.9 Å². The molecule has 0 aromatic carbocycles. The van der Waals surface area contributed by atoms with E-state index in [-0.39, 0.29) is 6.29 Å². The Hall–Kier alpha value is -0.890. The molecule has 0 unspecified atom stereocenters. The van der Waals surface area contributed by atoms with E-state index in [2.05, 4.69) is 0 Å². The van der Waals surface area contributed by atoms with E-state index >= 15 is 0 Å². The van der Waals surface area contributed by atoms with Gasteiger partial charge in [-0.1, -0.05) is 0 Å². The van der Waals surface area contributed by atoms with E-state index in [1.165, 1.54) is 0 Å². The molecule has 2 rings (SSSR count). The van der Waals surface area contributed by atoms with Crippen molar-refractivity contribution in [2.75, 3.05) is 13.2 Å². The highest BCUT2D eigenvalue weighted by atomic mass is 16.7. The lowest BCUT2D eigenvalue weighted by molar-refractivity contribution is -0.343. The first kappa shape index (κ1) is 28.3. The number of aliphatic hydroxyl groups is 10. The fourth-order valence-corrected chi connectivity index (χ4v) is 3.48. The molecule has 2 heterocycles. The van der Waals surface area contributed by atoms with E-state index in [0.29, 0.717) is 0 Å². The minimum absolute atomic E-state index is 0.0850. The third kappa shape index (κ3) is 6.22. The molecule has 0 amide bonds. The summed E-state index contributed by atoms with van der Waals surface area (Å²) in [6.07, 6.45) is -24.3. The molecule has 0 aromatic rings. The van der Waals surface area contributed by atoms with Crippen LogP contribution in [0, 0.1) is 0 Å². The lowest BCUT2D eigenvalue weighted by atomic mass is 9.98. The van der Waals surface area contributed by atoms with Crippen LogP contribution in [0.25, 0.3) is 0 Å². The van der Waals surface area contributed by atoms with Crippen LogP contribution in [0.3, 0.4) is 0 Å². The summed E-state index contributed by atoms with van der Waals surface area (Å²) in [5, 5.41) is 98.6. The van der Waals surface area contributed by atoms with Crippen molar-refractivity contribution in [3.63, 3.8) is 0 Å². The van der Waals surface area contributed by atoms with Gasteiger partial charge in [-0.15, -0.1) is 0 Å². The maximum atomic E-state index is 11.8. The zero-order valence-corrected chi connectivity index (χ0v) is 17.6. The van der Waals surface area contributed by atoms with Crippen LogP contribution < -0.4 is 0 Å². The average Bonchev–Trinajstić information content (AvgIpc) is 2.80. The number of aldehydes is 1. The fraction of sp³-hybridized carbons (Fsp3) is 0.944. The summed E-state index contributed by atoms with van der Waals surface area (Å²) in [6, 6.07) is 0. The highest BCUT2D eigenvalue weighted by Crippen LogP contribution is 2.28. The number of rotatable bonds is 10. The summed E-state index contributed by atoms with van der Waals surface area (Å²) in [4.78, 5) is 11.8. The van der Waals surface area contributed by atoms with Gasteiger partial charge in [0.2, 0.25) is 0 Å². The van der Waals surface area contributed by atoms with Gasteiger partial charge in [-0.2, -0.15) is 0 Å². The highest BCUT2D eigenvalue weighted by Gasteiger charge is 2.49. The van der Waals surface area contributed by atoms with Gasteiger partial charge in [0.15, 0.2) is 18.9 Å². The Kier molecular flexibility index (Phi) is 10.5. The molecular weight excluding hydrogens is 456 g/mol.